The highest BCUT2D eigenvalue weighted by Crippen LogP contribution is 2.39. The smallest absolute Gasteiger partial charge is 0.323 e. The molecule has 1 aromatic heterocycles. The van der Waals surface area contributed by atoms with Gasteiger partial charge in [-0.05, 0) is 43.9 Å². The average molecular weight is 371 g/mol. The lowest BCUT2D eigenvalue weighted by molar-refractivity contribution is 0.0957. The van der Waals surface area contributed by atoms with Gasteiger partial charge in [-0.25, -0.2) is 4.79 Å². The first kappa shape index (κ1) is 18.1. The molecule has 0 unspecified atom stereocenters. The van der Waals surface area contributed by atoms with E-state index in [2.05, 4.69) is 10.6 Å². The summed E-state index contributed by atoms with van der Waals surface area (Å²) in [5, 5.41) is 5.74. The van der Waals surface area contributed by atoms with Crippen LogP contribution >= 0.6 is 11.3 Å². The van der Waals surface area contributed by atoms with Gasteiger partial charge >= 0.3 is 6.03 Å². The van der Waals surface area contributed by atoms with Crippen molar-refractivity contribution in [3.05, 3.63) is 51.4 Å². The number of aryl methyl sites for hydroxylation is 2. The summed E-state index contributed by atoms with van der Waals surface area (Å²) < 4.78 is 0. The topological polar surface area (TPSA) is 78.5 Å². The van der Waals surface area contributed by atoms with Gasteiger partial charge in [0, 0.05) is 24.5 Å². The van der Waals surface area contributed by atoms with Crippen molar-refractivity contribution in [3.63, 3.8) is 0 Å². The number of hydrogen-bond acceptors (Lipinski definition) is 4. The minimum Gasteiger partial charge on any atom is -0.331 e. The highest BCUT2D eigenvalue weighted by atomic mass is 32.1. The fourth-order valence-electron chi connectivity index (χ4n) is 2.97. The van der Waals surface area contributed by atoms with Crippen molar-refractivity contribution >= 4 is 34.2 Å². The standard InChI is InChI=1S/C19H21N3O3S/c1-11-6-4-7-12(10-11)16(23)20-18-15(13-8-5-9-14(13)26-18)17(24)21-19(25)22(2)3/h4,6-7,10H,5,8-9H2,1-3H3,(H,20,23)(H,21,24,25). The molecule has 1 aliphatic rings. The van der Waals surface area contributed by atoms with E-state index in [1.165, 1.54) is 16.2 Å². The molecule has 1 aromatic carbocycles. The summed E-state index contributed by atoms with van der Waals surface area (Å²) in [7, 11) is 3.14. The molecule has 0 bridgehead atoms. The Morgan fingerprint density at radius 2 is 1.88 bits per heavy atom. The van der Waals surface area contributed by atoms with Crippen molar-refractivity contribution in [2.75, 3.05) is 19.4 Å². The number of fused-ring (bicyclic) bond motifs is 1. The lowest BCUT2D eigenvalue weighted by Gasteiger charge is -2.12. The zero-order chi connectivity index (χ0) is 18.8. The van der Waals surface area contributed by atoms with Gasteiger partial charge in [0.05, 0.1) is 5.56 Å². The molecule has 6 nitrogen and oxygen atoms in total. The molecular weight excluding hydrogens is 350 g/mol. The number of carbonyl (C=O) groups excluding carboxylic acids is 3. The minimum absolute atomic E-state index is 0.262. The second-order valence-corrected chi connectivity index (χ2v) is 7.64. The Labute approximate surface area is 156 Å². The summed E-state index contributed by atoms with van der Waals surface area (Å²) in [4.78, 5) is 39.5. The molecule has 0 saturated heterocycles. The number of rotatable bonds is 3. The third-order valence-corrected chi connectivity index (χ3v) is 5.49. The summed E-state index contributed by atoms with van der Waals surface area (Å²) >= 11 is 1.42. The number of thiophene rings is 1. The van der Waals surface area contributed by atoms with Gasteiger partial charge in [-0.15, -0.1) is 11.3 Å². The van der Waals surface area contributed by atoms with E-state index < -0.39 is 11.9 Å². The van der Waals surface area contributed by atoms with Gasteiger partial charge in [0.1, 0.15) is 5.00 Å². The van der Waals surface area contributed by atoms with Crippen LogP contribution in [-0.4, -0.2) is 36.8 Å². The van der Waals surface area contributed by atoms with Gasteiger partial charge in [-0.2, -0.15) is 0 Å². The Kier molecular flexibility index (Phi) is 5.08. The van der Waals surface area contributed by atoms with Crippen LogP contribution in [0.1, 0.15) is 43.1 Å². The molecule has 0 saturated carbocycles. The Bertz CT molecular complexity index is 886. The molecule has 4 amide bonds. The largest absolute Gasteiger partial charge is 0.331 e. The van der Waals surface area contributed by atoms with E-state index in [1.54, 1.807) is 26.2 Å². The Morgan fingerprint density at radius 3 is 2.58 bits per heavy atom. The van der Waals surface area contributed by atoms with E-state index >= 15 is 0 Å². The quantitative estimate of drug-likeness (QED) is 0.870. The number of benzene rings is 1. The van der Waals surface area contributed by atoms with Crippen molar-refractivity contribution in [2.24, 2.45) is 0 Å². The zero-order valence-corrected chi connectivity index (χ0v) is 15.8. The predicted octanol–water partition coefficient (Wildman–Crippen LogP) is 3.21. The van der Waals surface area contributed by atoms with Crippen LogP contribution < -0.4 is 10.6 Å². The van der Waals surface area contributed by atoms with Gasteiger partial charge in [-0.1, -0.05) is 17.7 Å². The highest BCUT2D eigenvalue weighted by Gasteiger charge is 2.28. The third-order valence-electron chi connectivity index (χ3n) is 4.28. The van der Waals surface area contributed by atoms with Crippen LogP contribution in [0.25, 0.3) is 0 Å². The number of amides is 4. The highest BCUT2D eigenvalue weighted by molar-refractivity contribution is 7.17. The second-order valence-electron chi connectivity index (χ2n) is 6.54. The first-order valence-electron chi connectivity index (χ1n) is 8.42. The van der Waals surface area contributed by atoms with Crippen LogP contribution in [0.2, 0.25) is 0 Å². The Hall–Kier alpha value is -2.67. The molecule has 1 aliphatic carbocycles. The van der Waals surface area contributed by atoms with E-state index in [0.717, 1.165) is 35.3 Å². The Morgan fingerprint density at radius 1 is 1.12 bits per heavy atom. The average Bonchev–Trinajstić information content (AvgIpc) is 3.14. The molecule has 26 heavy (non-hydrogen) atoms. The van der Waals surface area contributed by atoms with Gasteiger partial charge in [0.15, 0.2) is 0 Å². The second kappa shape index (κ2) is 7.29. The first-order valence-corrected chi connectivity index (χ1v) is 9.23. The van der Waals surface area contributed by atoms with Crippen molar-refractivity contribution in [3.8, 4) is 0 Å². The van der Waals surface area contributed by atoms with E-state index in [4.69, 9.17) is 0 Å². The SMILES string of the molecule is Cc1cccc(C(=O)Nc2sc3c(c2C(=O)NC(=O)N(C)C)CCC3)c1. The van der Waals surface area contributed by atoms with Crippen LogP contribution in [0.4, 0.5) is 9.80 Å². The number of nitrogens with one attached hydrogen (secondary N) is 2. The van der Waals surface area contributed by atoms with E-state index in [0.29, 0.717) is 16.1 Å². The van der Waals surface area contributed by atoms with Crippen molar-refractivity contribution in [2.45, 2.75) is 26.2 Å². The van der Waals surface area contributed by atoms with Crippen LogP contribution in [0.5, 0.6) is 0 Å². The Balaban J connectivity index is 1.89. The summed E-state index contributed by atoms with van der Waals surface area (Å²) in [6.07, 6.45) is 2.66. The monoisotopic (exact) mass is 371 g/mol. The lowest BCUT2D eigenvalue weighted by Crippen LogP contribution is -2.39. The van der Waals surface area contributed by atoms with Crippen LogP contribution in [0, 0.1) is 6.92 Å². The number of anilines is 1. The molecule has 0 aliphatic heterocycles. The zero-order valence-electron chi connectivity index (χ0n) is 15.0. The molecule has 0 spiro atoms. The normalized spacial score (nSPS) is 12.4. The maximum atomic E-state index is 12.7. The fourth-order valence-corrected chi connectivity index (χ4v) is 4.25. The summed E-state index contributed by atoms with van der Waals surface area (Å²) in [5.41, 5.74) is 2.88. The molecule has 136 valence electrons. The van der Waals surface area contributed by atoms with Gasteiger partial charge in [0.2, 0.25) is 0 Å². The number of imide groups is 1. The number of nitrogens with zero attached hydrogens (tertiary/aromatic N) is 1. The maximum absolute atomic E-state index is 12.7. The van der Waals surface area contributed by atoms with E-state index in [9.17, 15) is 14.4 Å². The molecule has 7 heteroatoms. The fraction of sp³-hybridized carbons (Fsp3) is 0.316. The molecule has 0 fully saturated rings. The van der Waals surface area contributed by atoms with Crippen molar-refractivity contribution in [1.82, 2.24) is 10.2 Å². The summed E-state index contributed by atoms with van der Waals surface area (Å²) in [6, 6.07) is 6.79. The lowest BCUT2D eigenvalue weighted by atomic mass is 10.1. The molecule has 2 aromatic rings. The molecular formula is C19H21N3O3S. The van der Waals surface area contributed by atoms with Crippen molar-refractivity contribution < 1.29 is 14.4 Å². The van der Waals surface area contributed by atoms with Gasteiger partial charge in [-0.3, -0.25) is 14.9 Å². The predicted molar refractivity (Wildman–Crippen MR) is 102 cm³/mol. The molecule has 0 radical (unpaired) electrons. The van der Waals surface area contributed by atoms with Crippen LogP contribution in [0.3, 0.4) is 0 Å². The number of hydrogen-bond donors (Lipinski definition) is 2. The maximum Gasteiger partial charge on any atom is 0.323 e. The minimum atomic E-state index is -0.482. The van der Waals surface area contributed by atoms with Gasteiger partial charge < -0.3 is 10.2 Å². The van der Waals surface area contributed by atoms with Gasteiger partial charge in [0.25, 0.3) is 11.8 Å². The van der Waals surface area contributed by atoms with Crippen LogP contribution in [-0.2, 0) is 12.8 Å². The molecule has 2 N–H and O–H groups in total. The van der Waals surface area contributed by atoms with Crippen molar-refractivity contribution in [1.29, 1.82) is 0 Å². The summed E-state index contributed by atoms with van der Waals surface area (Å²) in [6.45, 7) is 1.92. The molecule has 3 rings (SSSR count). The third kappa shape index (κ3) is 3.62. The van der Waals surface area contributed by atoms with Crippen LogP contribution in [0.15, 0.2) is 24.3 Å². The number of urea groups is 1. The molecule has 0 atom stereocenters. The van der Waals surface area contributed by atoms with E-state index in [-0.39, 0.29) is 5.91 Å². The first-order chi connectivity index (χ1) is 12.4. The number of carbonyl (C=O) groups is 3. The molecule has 1 heterocycles. The summed E-state index contributed by atoms with van der Waals surface area (Å²) in [5.74, 6) is -0.732. The van der Waals surface area contributed by atoms with E-state index in [1.807, 2.05) is 19.1 Å².